The predicted molar refractivity (Wildman–Crippen MR) is 68.9 cm³/mol. The molecular formula is C13H24O2S. The highest BCUT2D eigenvalue weighted by Crippen LogP contribution is 2.44. The largest absolute Gasteiger partial charge is 0.390 e. The fourth-order valence-corrected chi connectivity index (χ4v) is 4.51. The third-order valence-electron chi connectivity index (χ3n) is 4.20. The lowest BCUT2D eigenvalue weighted by Crippen LogP contribution is -2.47. The Hall–Kier alpha value is 0.270. The molecule has 0 aromatic carbocycles. The molecule has 16 heavy (non-hydrogen) atoms. The predicted octanol–water partition coefficient (Wildman–Crippen LogP) is 2.84. The van der Waals surface area contributed by atoms with Gasteiger partial charge >= 0.3 is 0 Å². The highest BCUT2D eigenvalue weighted by Gasteiger charge is 2.45. The second kappa shape index (κ2) is 4.87. The van der Waals surface area contributed by atoms with E-state index in [1.807, 2.05) is 18.7 Å². The molecule has 3 atom stereocenters. The topological polar surface area (TPSA) is 29.5 Å². The molecule has 0 amide bonds. The first-order valence-corrected chi connectivity index (χ1v) is 7.67. The zero-order chi connectivity index (χ0) is 11.6. The Kier molecular flexibility index (Phi) is 3.87. The van der Waals surface area contributed by atoms with Crippen LogP contribution < -0.4 is 0 Å². The van der Waals surface area contributed by atoms with E-state index in [1.165, 1.54) is 12.2 Å². The van der Waals surface area contributed by atoms with Gasteiger partial charge in [0.15, 0.2) is 0 Å². The van der Waals surface area contributed by atoms with E-state index < -0.39 is 5.60 Å². The van der Waals surface area contributed by atoms with Gasteiger partial charge in [-0.2, -0.15) is 11.8 Å². The van der Waals surface area contributed by atoms with Gasteiger partial charge in [-0.15, -0.1) is 0 Å². The maximum atomic E-state index is 10.5. The summed E-state index contributed by atoms with van der Waals surface area (Å²) in [6.07, 6.45) is 5.25. The first kappa shape index (κ1) is 12.7. The number of thioether (sulfide) groups is 1. The fourth-order valence-electron chi connectivity index (χ4n) is 3.13. The van der Waals surface area contributed by atoms with Gasteiger partial charge in [0.25, 0.3) is 0 Å². The lowest BCUT2D eigenvalue weighted by Gasteiger charge is -2.43. The van der Waals surface area contributed by atoms with Crippen LogP contribution in [-0.4, -0.2) is 34.4 Å². The van der Waals surface area contributed by atoms with E-state index in [0.29, 0.717) is 5.92 Å². The van der Waals surface area contributed by atoms with Crippen molar-refractivity contribution in [3.63, 3.8) is 0 Å². The molecule has 2 aliphatic heterocycles. The number of rotatable bonds is 3. The van der Waals surface area contributed by atoms with Crippen LogP contribution in [0.5, 0.6) is 0 Å². The van der Waals surface area contributed by atoms with Gasteiger partial charge in [-0.05, 0) is 44.3 Å². The summed E-state index contributed by atoms with van der Waals surface area (Å²) in [6.45, 7) is 5.00. The molecule has 94 valence electrons. The highest BCUT2D eigenvalue weighted by atomic mass is 32.2. The van der Waals surface area contributed by atoms with E-state index in [-0.39, 0.29) is 5.60 Å². The fraction of sp³-hybridized carbons (Fsp3) is 1.00. The Balaban J connectivity index is 2.00. The van der Waals surface area contributed by atoms with Gasteiger partial charge in [0.2, 0.25) is 0 Å². The highest BCUT2D eigenvalue weighted by molar-refractivity contribution is 7.99. The summed E-state index contributed by atoms with van der Waals surface area (Å²) in [4.78, 5) is 0. The van der Waals surface area contributed by atoms with Gasteiger partial charge in [-0.25, -0.2) is 0 Å². The molecule has 2 nitrogen and oxygen atoms in total. The zero-order valence-corrected chi connectivity index (χ0v) is 11.3. The summed E-state index contributed by atoms with van der Waals surface area (Å²) >= 11 is 2.00. The van der Waals surface area contributed by atoms with Crippen LogP contribution in [0.25, 0.3) is 0 Å². The van der Waals surface area contributed by atoms with Crippen LogP contribution in [0.15, 0.2) is 0 Å². The van der Waals surface area contributed by atoms with Crippen LogP contribution in [-0.2, 0) is 4.74 Å². The molecule has 2 heterocycles. The van der Waals surface area contributed by atoms with Crippen molar-refractivity contribution in [3.8, 4) is 0 Å². The molecule has 1 spiro atoms. The average Bonchev–Trinajstić information content (AvgIpc) is 2.66. The molecule has 3 unspecified atom stereocenters. The van der Waals surface area contributed by atoms with Crippen molar-refractivity contribution in [1.29, 1.82) is 0 Å². The number of hydrogen-bond donors (Lipinski definition) is 1. The summed E-state index contributed by atoms with van der Waals surface area (Å²) in [5.41, 5.74) is -0.385. The SMILES string of the molecule is CCCC(C)(O)C1CCOC2(CCSC2)C1. The number of hydrogen-bond acceptors (Lipinski definition) is 3. The second-order valence-corrected chi connectivity index (χ2v) is 6.74. The molecule has 0 aromatic heterocycles. The Morgan fingerprint density at radius 1 is 1.56 bits per heavy atom. The van der Waals surface area contributed by atoms with Gasteiger partial charge in [-0.3, -0.25) is 0 Å². The maximum absolute atomic E-state index is 10.5. The van der Waals surface area contributed by atoms with Crippen LogP contribution in [0.4, 0.5) is 0 Å². The molecule has 2 fully saturated rings. The third-order valence-corrected chi connectivity index (χ3v) is 5.42. The quantitative estimate of drug-likeness (QED) is 0.828. The minimum absolute atomic E-state index is 0.102. The molecule has 1 N–H and O–H groups in total. The second-order valence-electron chi connectivity index (χ2n) is 5.63. The van der Waals surface area contributed by atoms with E-state index >= 15 is 0 Å². The lowest BCUT2D eigenvalue weighted by atomic mass is 9.74. The van der Waals surface area contributed by atoms with Gasteiger partial charge in [-0.1, -0.05) is 13.3 Å². The average molecular weight is 244 g/mol. The summed E-state index contributed by atoms with van der Waals surface area (Å²) in [6, 6.07) is 0. The monoisotopic (exact) mass is 244 g/mol. The normalized spacial score (nSPS) is 38.8. The Morgan fingerprint density at radius 3 is 3.00 bits per heavy atom. The van der Waals surface area contributed by atoms with E-state index in [9.17, 15) is 5.11 Å². The van der Waals surface area contributed by atoms with Crippen molar-refractivity contribution in [1.82, 2.24) is 0 Å². The maximum Gasteiger partial charge on any atom is 0.0784 e. The molecule has 0 bridgehead atoms. The zero-order valence-electron chi connectivity index (χ0n) is 10.5. The first-order valence-electron chi connectivity index (χ1n) is 6.52. The van der Waals surface area contributed by atoms with Crippen LogP contribution in [0.1, 0.15) is 46.0 Å². The standard InChI is InChI=1S/C13H24O2S/c1-3-5-12(2,14)11-4-7-15-13(9-11)6-8-16-10-13/h11,14H,3-10H2,1-2H3. The smallest absolute Gasteiger partial charge is 0.0784 e. The molecule has 0 aromatic rings. The molecule has 0 saturated carbocycles. The molecular weight excluding hydrogens is 220 g/mol. The lowest BCUT2D eigenvalue weighted by molar-refractivity contribution is -0.128. The van der Waals surface area contributed by atoms with Crippen LogP contribution in [0, 0.1) is 5.92 Å². The van der Waals surface area contributed by atoms with Crippen molar-refractivity contribution < 1.29 is 9.84 Å². The van der Waals surface area contributed by atoms with Gasteiger partial charge < -0.3 is 9.84 Å². The first-order chi connectivity index (χ1) is 7.58. The molecule has 3 heteroatoms. The molecule has 2 rings (SSSR count). The van der Waals surface area contributed by atoms with Crippen molar-refractivity contribution >= 4 is 11.8 Å². The third kappa shape index (κ3) is 2.57. The van der Waals surface area contributed by atoms with Gasteiger partial charge in [0.1, 0.15) is 0 Å². The van der Waals surface area contributed by atoms with Crippen molar-refractivity contribution in [2.45, 2.75) is 57.2 Å². The summed E-state index contributed by atoms with van der Waals surface area (Å²) in [5.74, 6) is 2.79. The minimum Gasteiger partial charge on any atom is -0.390 e. The van der Waals surface area contributed by atoms with E-state index in [0.717, 1.165) is 38.0 Å². The van der Waals surface area contributed by atoms with Crippen molar-refractivity contribution in [2.75, 3.05) is 18.1 Å². The summed E-state index contributed by atoms with van der Waals surface area (Å²) in [7, 11) is 0. The Bertz CT molecular complexity index is 234. The van der Waals surface area contributed by atoms with E-state index in [1.54, 1.807) is 0 Å². The Morgan fingerprint density at radius 2 is 2.38 bits per heavy atom. The number of ether oxygens (including phenoxy) is 1. The van der Waals surface area contributed by atoms with Crippen molar-refractivity contribution in [3.05, 3.63) is 0 Å². The van der Waals surface area contributed by atoms with E-state index in [2.05, 4.69) is 6.92 Å². The molecule has 0 aliphatic carbocycles. The molecule has 2 aliphatic rings. The van der Waals surface area contributed by atoms with Crippen LogP contribution >= 0.6 is 11.8 Å². The van der Waals surface area contributed by atoms with E-state index in [4.69, 9.17) is 4.74 Å². The molecule has 0 radical (unpaired) electrons. The van der Waals surface area contributed by atoms with Crippen LogP contribution in [0.3, 0.4) is 0 Å². The minimum atomic E-state index is -0.487. The summed E-state index contributed by atoms with van der Waals surface area (Å²) in [5, 5.41) is 10.5. The summed E-state index contributed by atoms with van der Waals surface area (Å²) < 4.78 is 6.00. The number of aliphatic hydroxyl groups is 1. The van der Waals surface area contributed by atoms with Crippen molar-refractivity contribution in [2.24, 2.45) is 5.92 Å². The Labute approximate surface area is 103 Å². The van der Waals surface area contributed by atoms with Gasteiger partial charge in [0.05, 0.1) is 11.2 Å². The van der Waals surface area contributed by atoms with Crippen LogP contribution in [0.2, 0.25) is 0 Å². The molecule has 2 saturated heterocycles. The van der Waals surface area contributed by atoms with Gasteiger partial charge in [0, 0.05) is 12.4 Å².